The molecule has 0 aliphatic carbocycles. The smallest absolute Gasteiger partial charge is 0.226 e. The molecule has 0 aromatic carbocycles. The monoisotopic (exact) mass is 433 g/mol. The van der Waals surface area contributed by atoms with Crippen LogP contribution in [0.2, 0.25) is 0 Å². The maximum absolute atomic E-state index is 12.7. The molecule has 3 aromatic rings. The third-order valence-electron chi connectivity index (χ3n) is 6.51. The van der Waals surface area contributed by atoms with Crippen LogP contribution in [-0.2, 0) is 26.8 Å². The van der Waals surface area contributed by atoms with E-state index < -0.39 is 0 Å². The summed E-state index contributed by atoms with van der Waals surface area (Å²) in [5.74, 6) is 0.458. The molecule has 1 saturated heterocycles. The first kappa shape index (κ1) is 20.6. The van der Waals surface area contributed by atoms with Gasteiger partial charge in [0.2, 0.25) is 11.8 Å². The van der Waals surface area contributed by atoms with Gasteiger partial charge in [0.1, 0.15) is 5.82 Å². The van der Waals surface area contributed by atoms with Crippen LogP contribution in [0.4, 0.5) is 11.5 Å². The molecule has 5 rings (SSSR count). The number of carbonyl (C=O) groups is 2. The number of anilines is 2. The SMILES string of the molecule is CCC(=O)N1CC2(CCCOC2)c2nc(-c3cn(C)c4cnc(NC(C)=O)cc34)ccc21. The molecule has 2 amide bonds. The van der Waals surface area contributed by atoms with Crippen LogP contribution < -0.4 is 10.2 Å². The van der Waals surface area contributed by atoms with Gasteiger partial charge < -0.3 is 19.5 Å². The molecule has 2 aliphatic heterocycles. The van der Waals surface area contributed by atoms with Gasteiger partial charge in [0, 0.05) is 50.7 Å². The number of fused-ring (bicyclic) bond motifs is 3. The van der Waals surface area contributed by atoms with Crippen molar-refractivity contribution in [1.82, 2.24) is 14.5 Å². The van der Waals surface area contributed by atoms with Crippen LogP contribution in [0.1, 0.15) is 38.8 Å². The lowest BCUT2D eigenvalue weighted by Gasteiger charge is -2.33. The first-order valence-electron chi connectivity index (χ1n) is 11.0. The van der Waals surface area contributed by atoms with Crippen LogP contribution in [-0.4, -0.2) is 46.1 Å². The number of ether oxygens (including phenoxy) is 1. The third kappa shape index (κ3) is 3.26. The highest BCUT2D eigenvalue weighted by atomic mass is 16.5. The van der Waals surface area contributed by atoms with Gasteiger partial charge >= 0.3 is 0 Å². The Hall–Kier alpha value is -3.26. The van der Waals surface area contributed by atoms with E-state index in [1.165, 1.54) is 6.92 Å². The summed E-state index contributed by atoms with van der Waals surface area (Å²) in [7, 11) is 1.97. The topological polar surface area (TPSA) is 89.3 Å². The minimum Gasteiger partial charge on any atom is -0.380 e. The maximum Gasteiger partial charge on any atom is 0.226 e. The quantitative estimate of drug-likeness (QED) is 0.684. The Kier molecular flexibility index (Phi) is 4.97. The highest BCUT2D eigenvalue weighted by Crippen LogP contribution is 2.46. The number of carbonyl (C=O) groups excluding carboxylic acids is 2. The van der Waals surface area contributed by atoms with Crippen molar-refractivity contribution in [3.8, 4) is 11.3 Å². The number of rotatable bonds is 3. The zero-order valence-electron chi connectivity index (χ0n) is 18.6. The van der Waals surface area contributed by atoms with E-state index in [1.54, 1.807) is 6.20 Å². The minimum absolute atomic E-state index is 0.111. The van der Waals surface area contributed by atoms with E-state index in [-0.39, 0.29) is 17.2 Å². The Balaban J connectivity index is 1.65. The zero-order valence-corrected chi connectivity index (χ0v) is 18.6. The molecular weight excluding hydrogens is 406 g/mol. The highest BCUT2D eigenvalue weighted by Gasteiger charge is 2.47. The second-order valence-electron chi connectivity index (χ2n) is 8.76. The standard InChI is InChI=1S/C24H27N5O3/c1-4-22(31)29-13-24(8-5-9-32-14-24)23-19(29)7-6-18(27-23)17-12-28(3)20-11-25-21(10-16(17)20)26-15(2)30/h6-7,10-12H,4-5,8-9,13-14H2,1-3H3,(H,25,26,30). The molecule has 0 saturated carbocycles. The van der Waals surface area contributed by atoms with Crippen molar-refractivity contribution < 1.29 is 14.3 Å². The Labute approximate surface area is 186 Å². The lowest BCUT2D eigenvalue weighted by molar-refractivity contribution is -0.118. The fourth-order valence-corrected chi connectivity index (χ4v) is 4.98. The fourth-order valence-electron chi connectivity index (χ4n) is 4.98. The molecule has 8 nitrogen and oxygen atoms in total. The van der Waals surface area contributed by atoms with Gasteiger partial charge in [-0.25, -0.2) is 9.97 Å². The van der Waals surface area contributed by atoms with Gasteiger partial charge in [0.25, 0.3) is 0 Å². The van der Waals surface area contributed by atoms with Gasteiger partial charge in [-0.2, -0.15) is 0 Å². The number of hydrogen-bond donors (Lipinski definition) is 1. The van der Waals surface area contributed by atoms with E-state index in [0.29, 0.717) is 25.4 Å². The average Bonchev–Trinajstić information content (AvgIpc) is 3.28. The van der Waals surface area contributed by atoms with E-state index in [2.05, 4.69) is 10.3 Å². The lowest BCUT2D eigenvalue weighted by Crippen LogP contribution is -2.42. The maximum atomic E-state index is 12.7. The minimum atomic E-state index is -0.262. The van der Waals surface area contributed by atoms with Crippen molar-refractivity contribution in [2.75, 3.05) is 30.0 Å². The molecule has 8 heteroatoms. The average molecular weight is 434 g/mol. The number of pyridine rings is 2. The zero-order chi connectivity index (χ0) is 22.5. The molecule has 166 valence electrons. The molecule has 3 aromatic heterocycles. The van der Waals surface area contributed by atoms with E-state index in [1.807, 2.05) is 47.8 Å². The van der Waals surface area contributed by atoms with Gasteiger partial charge in [0.15, 0.2) is 0 Å². The van der Waals surface area contributed by atoms with E-state index in [4.69, 9.17) is 9.72 Å². The summed E-state index contributed by atoms with van der Waals surface area (Å²) in [6, 6.07) is 5.88. The molecule has 1 spiro atoms. The summed E-state index contributed by atoms with van der Waals surface area (Å²) < 4.78 is 7.88. The molecule has 1 unspecified atom stereocenters. The van der Waals surface area contributed by atoms with Gasteiger partial charge in [-0.1, -0.05) is 6.92 Å². The first-order chi connectivity index (χ1) is 15.4. The normalized spacial score (nSPS) is 20.0. The van der Waals surface area contributed by atoms with Crippen molar-refractivity contribution in [3.05, 3.63) is 36.3 Å². The van der Waals surface area contributed by atoms with Crippen molar-refractivity contribution >= 4 is 34.2 Å². The Bertz CT molecular complexity index is 1230. The molecule has 32 heavy (non-hydrogen) atoms. The van der Waals surface area contributed by atoms with Crippen LogP contribution in [0.25, 0.3) is 22.2 Å². The second kappa shape index (κ2) is 7.70. The molecule has 5 heterocycles. The molecule has 0 bridgehead atoms. The Morgan fingerprint density at radius 3 is 2.88 bits per heavy atom. The summed E-state index contributed by atoms with van der Waals surface area (Å²) in [4.78, 5) is 35.5. The number of aromatic nitrogens is 3. The second-order valence-corrected chi connectivity index (χ2v) is 8.76. The van der Waals surface area contributed by atoms with Gasteiger partial charge in [0.05, 0.1) is 40.8 Å². The van der Waals surface area contributed by atoms with Crippen LogP contribution in [0.5, 0.6) is 0 Å². The van der Waals surface area contributed by atoms with Crippen LogP contribution in [0.3, 0.4) is 0 Å². The Morgan fingerprint density at radius 2 is 2.16 bits per heavy atom. The van der Waals surface area contributed by atoms with Gasteiger partial charge in [-0.15, -0.1) is 0 Å². The van der Waals surface area contributed by atoms with Crippen molar-refractivity contribution in [2.24, 2.45) is 7.05 Å². The Morgan fingerprint density at radius 1 is 1.31 bits per heavy atom. The molecule has 0 radical (unpaired) electrons. The number of amides is 2. The van der Waals surface area contributed by atoms with Gasteiger partial charge in [-0.3, -0.25) is 9.59 Å². The summed E-state index contributed by atoms with van der Waals surface area (Å²) in [6.45, 7) is 5.31. The summed E-state index contributed by atoms with van der Waals surface area (Å²) in [6.07, 6.45) is 6.16. The van der Waals surface area contributed by atoms with Gasteiger partial charge in [-0.05, 0) is 31.0 Å². The number of aryl methyl sites for hydroxylation is 1. The predicted octanol–water partition coefficient (Wildman–Crippen LogP) is 3.40. The number of hydrogen-bond acceptors (Lipinski definition) is 5. The van der Waals surface area contributed by atoms with E-state index in [0.717, 1.165) is 53.0 Å². The lowest BCUT2D eigenvalue weighted by atomic mass is 9.80. The molecule has 1 N–H and O–H groups in total. The van der Waals surface area contributed by atoms with Crippen molar-refractivity contribution in [3.63, 3.8) is 0 Å². The summed E-state index contributed by atoms with van der Waals surface area (Å²) in [5, 5.41) is 3.72. The highest BCUT2D eigenvalue weighted by molar-refractivity contribution is 5.99. The van der Waals surface area contributed by atoms with E-state index >= 15 is 0 Å². The fraction of sp³-hybridized carbons (Fsp3) is 0.417. The summed E-state index contributed by atoms with van der Waals surface area (Å²) >= 11 is 0. The largest absolute Gasteiger partial charge is 0.380 e. The molecule has 2 aliphatic rings. The molecular formula is C24H27N5O3. The summed E-state index contributed by atoms with van der Waals surface area (Å²) in [5.41, 5.74) is 4.34. The van der Waals surface area contributed by atoms with E-state index in [9.17, 15) is 9.59 Å². The first-order valence-corrected chi connectivity index (χ1v) is 11.0. The number of nitrogens with one attached hydrogen (secondary N) is 1. The van der Waals surface area contributed by atoms with Crippen molar-refractivity contribution in [2.45, 2.75) is 38.5 Å². The number of nitrogens with zero attached hydrogens (tertiary/aromatic N) is 4. The van der Waals surface area contributed by atoms with Crippen molar-refractivity contribution in [1.29, 1.82) is 0 Å². The third-order valence-corrected chi connectivity index (χ3v) is 6.51. The van der Waals surface area contributed by atoms with Crippen LogP contribution >= 0.6 is 0 Å². The van der Waals surface area contributed by atoms with Crippen LogP contribution in [0.15, 0.2) is 30.6 Å². The van der Waals surface area contributed by atoms with Crippen LogP contribution in [0, 0.1) is 0 Å². The predicted molar refractivity (Wildman–Crippen MR) is 123 cm³/mol. The molecule has 1 fully saturated rings. The molecule has 1 atom stereocenters.